The molecular weight excluding hydrogens is 368 g/mol. The van der Waals surface area contributed by atoms with E-state index in [0.717, 1.165) is 12.1 Å². The van der Waals surface area contributed by atoms with E-state index in [1.54, 1.807) is 18.2 Å². The molecule has 21 heavy (non-hydrogen) atoms. The molecule has 0 saturated heterocycles. The van der Waals surface area contributed by atoms with Crippen LogP contribution in [0.4, 0.5) is 14.5 Å². The zero-order valence-electron chi connectivity index (χ0n) is 10.5. The highest BCUT2D eigenvalue weighted by Gasteiger charge is 2.10. The molecule has 0 atom stereocenters. The van der Waals surface area contributed by atoms with Crippen molar-refractivity contribution in [1.82, 2.24) is 0 Å². The molecule has 0 saturated carbocycles. The quantitative estimate of drug-likeness (QED) is 0.859. The van der Waals surface area contributed by atoms with Crippen molar-refractivity contribution in [1.29, 1.82) is 0 Å². The molecule has 2 rings (SSSR count). The third-order valence-electron chi connectivity index (χ3n) is 2.46. The Labute approximate surface area is 133 Å². The molecule has 0 radical (unpaired) electrons. The van der Waals surface area contributed by atoms with Gasteiger partial charge >= 0.3 is 0 Å². The van der Waals surface area contributed by atoms with E-state index in [2.05, 4.69) is 21.2 Å². The van der Waals surface area contributed by atoms with Crippen molar-refractivity contribution in [2.24, 2.45) is 0 Å². The molecule has 0 aromatic heterocycles. The van der Waals surface area contributed by atoms with Gasteiger partial charge in [0.1, 0.15) is 17.4 Å². The van der Waals surface area contributed by atoms with Gasteiger partial charge in [-0.25, -0.2) is 8.78 Å². The SMILES string of the molecule is O=C(COc1ccc(Cl)cc1Br)Nc1ccc(F)cc1F. The summed E-state index contributed by atoms with van der Waals surface area (Å²) in [7, 11) is 0. The summed E-state index contributed by atoms with van der Waals surface area (Å²) < 4.78 is 32.0. The molecule has 0 unspecified atom stereocenters. The average Bonchev–Trinajstić information content (AvgIpc) is 2.41. The van der Waals surface area contributed by atoms with Crippen molar-refractivity contribution in [2.75, 3.05) is 11.9 Å². The van der Waals surface area contributed by atoms with E-state index in [9.17, 15) is 13.6 Å². The topological polar surface area (TPSA) is 38.3 Å². The predicted molar refractivity (Wildman–Crippen MR) is 79.6 cm³/mol. The van der Waals surface area contributed by atoms with E-state index in [4.69, 9.17) is 16.3 Å². The van der Waals surface area contributed by atoms with Gasteiger partial charge in [-0.1, -0.05) is 11.6 Å². The highest BCUT2D eigenvalue weighted by atomic mass is 79.9. The highest BCUT2D eigenvalue weighted by molar-refractivity contribution is 9.10. The maximum atomic E-state index is 13.4. The van der Waals surface area contributed by atoms with Gasteiger partial charge in [0.15, 0.2) is 6.61 Å². The van der Waals surface area contributed by atoms with E-state index < -0.39 is 17.5 Å². The lowest BCUT2D eigenvalue weighted by atomic mass is 10.3. The van der Waals surface area contributed by atoms with Crippen molar-refractivity contribution in [2.45, 2.75) is 0 Å². The largest absolute Gasteiger partial charge is 0.483 e. The molecule has 7 heteroatoms. The Morgan fingerprint density at radius 3 is 2.67 bits per heavy atom. The molecule has 2 aromatic rings. The van der Waals surface area contributed by atoms with Crippen molar-refractivity contribution in [3.8, 4) is 5.75 Å². The first-order valence-corrected chi connectivity index (χ1v) is 6.95. The fourth-order valence-corrected chi connectivity index (χ4v) is 2.31. The molecule has 3 nitrogen and oxygen atoms in total. The number of ether oxygens (including phenoxy) is 1. The molecule has 0 aliphatic heterocycles. The predicted octanol–water partition coefficient (Wildman–Crippen LogP) is 4.40. The minimum atomic E-state index is -0.851. The second-order valence-electron chi connectivity index (χ2n) is 4.04. The van der Waals surface area contributed by atoms with Crippen LogP contribution in [0.3, 0.4) is 0 Å². The molecule has 2 aromatic carbocycles. The summed E-state index contributed by atoms with van der Waals surface area (Å²) in [5.41, 5.74) is -0.111. The van der Waals surface area contributed by atoms with Crippen molar-refractivity contribution in [3.05, 3.63) is 57.5 Å². The summed E-state index contributed by atoms with van der Waals surface area (Å²) in [4.78, 5) is 11.7. The number of carbonyl (C=O) groups is 1. The molecule has 0 bridgehead atoms. The summed E-state index contributed by atoms with van der Waals surface area (Å²) in [5, 5.41) is 2.81. The van der Waals surface area contributed by atoms with Crippen LogP contribution in [0.25, 0.3) is 0 Å². The van der Waals surface area contributed by atoms with E-state index in [1.807, 2.05) is 0 Å². The van der Waals surface area contributed by atoms with Crippen LogP contribution in [0.15, 0.2) is 40.9 Å². The first kappa shape index (κ1) is 15.7. The number of benzene rings is 2. The van der Waals surface area contributed by atoms with Gasteiger partial charge in [-0.05, 0) is 46.3 Å². The Morgan fingerprint density at radius 2 is 2.00 bits per heavy atom. The minimum Gasteiger partial charge on any atom is -0.483 e. The lowest BCUT2D eigenvalue weighted by Crippen LogP contribution is -2.21. The van der Waals surface area contributed by atoms with Gasteiger partial charge < -0.3 is 10.1 Å². The third kappa shape index (κ3) is 4.41. The molecule has 0 spiro atoms. The van der Waals surface area contributed by atoms with Crippen molar-refractivity contribution >= 4 is 39.1 Å². The highest BCUT2D eigenvalue weighted by Crippen LogP contribution is 2.27. The van der Waals surface area contributed by atoms with E-state index in [1.165, 1.54) is 0 Å². The van der Waals surface area contributed by atoms with E-state index >= 15 is 0 Å². The molecule has 0 heterocycles. The van der Waals surface area contributed by atoms with Gasteiger partial charge in [-0.15, -0.1) is 0 Å². The second-order valence-corrected chi connectivity index (χ2v) is 5.33. The Balaban J connectivity index is 1.96. The maximum absolute atomic E-state index is 13.4. The molecule has 1 N–H and O–H groups in total. The van der Waals surface area contributed by atoms with Crippen molar-refractivity contribution in [3.63, 3.8) is 0 Å². The van der Waals surface area contributed by atoms with Crippen LogP contribution >= 0.6 is 27.5 Å². The van der Waals surface area contributed by atoms with Crippen LogP contribution in [-0.4, -0.2) is 12.5 Å². The van der Waals surface area contributed by atoms with Crippen LogP contribution in [0.5, 0.6) is 5.75 Å². The zero-order valence-corrected chi connectivity index (χ0v) is 12.8. The van der Waals surface area contributed by atoms with Crippen LogP contribution in [-0.2, 0) is 4.79 Å². The molecule has 110 valence electrons. The number of amides is 1. The summed E-state index contributed by atoms with van der Waals surface area (Å²) in [6.07, 6.45) is 0. The number of hydrogen-bond acceptors (Lipinski definition) is 2. The Bertz CT molecular complexity index is 682. The first-order chi connectivity index (χ1) is 9.95. The molecular formula is C14H9BrClF2NO2. The summed E-state index contributed by atoms with van der Waals surface area (Å²) in [5.74, 6) is -1.71. The summed E-state index contributed by atoms with van der Waals surface area (Å²) in [6.45, 7) is -0.322. The fraction of sp³-hybridized carbons (Fsp3) is 0.0714. The van der Waals surface area contributed by atoms with Gasteiger partial charge in [0.25, 0.3) is 5.91 Å². The van der Waals surface area contributed by atoms with Crippen LogP contribution in [0, 0.1) is 11.6 Å². The number of anilines is 1. The first-order valence-electron chi connectivity index (χ1n) is 5.78. The van der Waals surface area contributed by atoms with Crippen LogP contribution in [0.1, 0.15) is 0 Å². The molecule has 1 amide bonds. The lowest BCUT2D eigenvalue weighted by molar-refractivity contribution is -0.118. The van der Waals surface area contributed by atoms with Crippen LogP contribution < -0.4 is 10.1 Å². The van der Waals surface area contributed by atoms with Crippen LogP contribution in [0.2, 0.25) is 5.02 Å². The summed E-state index contributed by atoms with van der Waals surface area (Å²) in [6, 6.07) is 7.70. The lowest BCUT2D eigenvalue weighted by Gasteiger charge is -2.09. The fourth-order valence-electron chi connectivity index (χ4n) is 1.51. The second kappa shape index (κ2) is 6.87. The zero-order chi connectivity index (χ0) is 15.4. The molecule has 0 aliphatic rings. The third-order valence-corrected chi connectivity index (χ3v) is 3.31. The Kier molecular flexibility index (Phi) is 5.14. The van der Waals surface area contributed by atoms with Gasteiger partial charge in [0.2, 0.25) is 0 Å². The van der Waals surface area contributed by atoms with E-state index in [-0.39, 0.29) is 12.3 Å². The standard InChI is InChI=1S/C14H9BrClF2NO2/c15-10-5-8(16)1-4-13(10)21-7-14(20)19-12-3-2-9(17)6-11(12)18/h1-6H,7H2,(H,19,20). The summed E-state index contributed by atoms with van der Waals surface area (Å²) >= 11 is 9.02. The molecule has 0 fully saturated rings. The Hall–Kier alpha value is -1.66. The van der Waals surface area contributed by atoms with Crippen molar-refractivity contribution < 1.29 is 18.3 Å². The average molecular weight is 377 g/mol. The number of halogens is 4. The van der Waals surface area contributed by atoms with Gasteiger partial charge in [0.05, 0.1) is 10.2 Å². The number of nitrogens with one attached hydrogen (secondary N) is 1. The minimum absolute atomic E-state index is 0.111. The van der Waals surface area contributed by atoms with E-state index in [0.29, 0.717) is 21.3 Å². The number of hydrogen-bond donors (Lipinski definition) is 1. The molecule has 0 aliphatic carbocycles. The normalized spacial score (nSPS) is 10.3. The van der Waals surface area contributed by atoms with Gasteiger partial charge in [-0.2, -0.15) is 0 Å². The number of rotatable bonds is 4. The Morgan fingerprint density at radius 1 is 1.24 bits per heavy atom. The maximum Gasteiger partial charge on any atom is 0.262 e. The van der Waals surface area contributed by atoms with Gasteiger partial charge in [0, 0.05) is 11.1 Å². The van der Waals surface area contributed by atoms with Gasteiger partial charge in [-0.3, -0.25) is 4.79 Å². The number of carbonyl (C=O) groups excluding carboxylic acids is 1. The smallest absolute Gasteiger partial charge is 0.262 e. The monoisotopic (exact) mass is 375 g/mol.